The number of hydrogen-bond donors (Lipinski definition) is 1. The number of anilines is 1. The lowest BCUT2D eigenvalue weighted by Crippen LogP contribution is -2.53. The van der Waals surface area contributed by atoms with Crippen molar-refractivity contribution in [3.05, 3.63) is 134 Å². The zero-order valence-corrected chi connectivity index (χ0v) is 27.2. The van der Waals surface area contributed by atoms with Crippen LogP contribution >= 0.6 is 23.2 Å². The fraction of sp³-hybridized carbons (Fsp3) is 0.212. The number of amides is 2. The predicted octanol–water partition coefficient (Wildman–Crippen LogP) is 6.26. The zero-order chi connectivity index (χ0) is 33.3. The van der Waals surface area contributed by atoms with E-state index >= 15 is 0 Å². The van der Waals surface area contributed by atoms with Crippen molar-refractivity contribution in [3.8, 4) is 0 Å². The molecule has 1 N–H and O–H groups in total. The molecular formula is C33H32Cl2N4O6S. The molecule has 10 nitrogen and oxygen atoms in total. The van der Waals surface area contributed by atoms with E-state index in [0.29, 0.717) is 18.5 Å². The van der Waals surface area contributed by atoms with Crippen LogP contribution in [0, 0.1) is 10.1 Å². The van der Waals surface area contributed by atoms with Gasteiger partial charge >= 0.3 is 0 Å². The van der Waals surface area contributed by atoms with Gasteiger partial charge in [-0.25, -0.2) is 8.42 Å². The van der Waals surface area contributed by atoms with Crippen molar-refractivity contribution < 1.29 is 22.9 Å². The van der Waals surface area contributed by atoms with Gasteiger partial charge in [0.1, 0.15) is 12.6 Å². The van der Waals surface area contributed by atoms with Crippen LogP contribution in [-0.2, 0) is 32.6 Å². The third-order valence-electron chi connectivity index (χ3n) is 7.17. The minimum Gasteiger partial charge on any atom is -0.354 e. The molecule has 0 radical (unpaired) electrons. The number of rotatable bonds is 14. The van der Waals surface area contributed by atoms with Gasteiger partial charge in [-0.3, -0.25) is 24.0 Å². The van der Waals surface area contributed by atoms with Crippen LogP contribution in [0.2, 0.25) is 10.0 Å². The molecule has 0 unspecified atom stereocenters. The first-order chi connectivity index (χ1) is 22.0. The van der Waals surface area contributed by atoms with E-state index in [1.165, 1.54) is 29.2 Å². The molecule has 4 aromatic rings. The Morgan fingerprint density at radius 3 is 2.02 bits per heavy atom. The average Bonchev–Trinajstić information content (AvgIpc) is 3.06. The quantitative estimate of drug-likeness (QED) is 0.123. The van der Waals surface area contributed by atoms with Crippen molar-refractivity contribution >= 4 is 56.4 Å². The third kappa shape index (κ3) is 8.42. The lowest BCUT2D eigenvalue weighted by molar-refractivity contribution is -0.384. The molecule has 0 saturated heterocycles. The molecule has 0 heterocycles. The molecule has 4 rings (SSSR count). The number of sulfonamides is 1. The van der Waals surface area contributed by atoms with Crippen LogP contribution in [0.5, 0.6) is 0 Å². The molecule has 0 aliphatic rings. The van der Waals surface area contributed by atoms with Gasteiger partial charge in [-0.2, -0.15) is 0 Å². The first-order valence-electron chi connectivity index (χ1n) is 14.4. The van der Waals surface area contributed by atoms with Gasteiger partial charge in [0.05, 0.1) is 15.5 Å². The smallest absolute Gasteiger partial charge is 0.269 e. The van der Waals surface area contributed by atoms with E-state index < -0.39 is 39.3 Å². The minimum atomic E-state index is -4.36. The van der Waals surface area contributed by atoms with E-state index in [0.717, 1.165) is 22.0 Å². The Balaban J connectivity index is 1.83. The lowest BCUT2D eigenvalue weighted by atomic mass is 10.0. The predicted molar refractivity (Wildman–Crippen MR) is 178 cm³/mol. The van der Waals surface area contributed by atoms with Crippen LogP contribution in [0.25, 0.3) is 0 Å². The van der Waals surface area contributed by atoms with E-state index in [2.05, 4.69) is 5.32 Å². The van der Waals surface area contributed by atoms with Crippen molar-refractivity contribution in [3.63, 3.8) is 0 Å². The number of nitrogens with zero attached hydrogens (tertiary/aromatic N) is 3. The molecule has 0 aliphatic carbocycles. The van der Waals surface area contributed by atoms with Gasteiger partial charge in [0.2, 0.25) is 11.8 Å². The van der Waals surface area contributed by atoms with E-state index in [4.69, 9.17) is 23.2 Å². The molecular weight excluding hydrogens is 651 g/mol. The summed E-state index contributed by atoms with van der Waals surface area (Å²) in [5, 5.41) is 14.7. The van der Waals surface area contributed by atoms with Gasteiger partial charge < -0.3 is 10.2 Å². The molecule has 0 bridgehead atoms. The summed E-state index contributed by atoms with van der Waals surface area (Å²) >= 11 is 13.0. The van der Waals surface area contributed by atoms with E-state index in [-0.39, 0.29) is 39.3 Å². The van der Waals surface area contributed by atoms with E-state index in [9.17, 15) is 28.1 Å². The highest BCUT2D eigenvalue weighted by atomic mass is 35.5. The Morgan fingerprint density at radius 2 is 1.46 bits per heavy atom. The Bertz CT molecular complexity index is 1760. The van der Waals surface area contributed by atoms with E-state index in [1.54, 1.807) is 36.4 Å². The van der Waals surface area contributed by atoms with Gasteiger partial charge in [-0.05, 0) is 48.4 Å². The molecule has 46 heavy (non-hydrogen) atoms. The molecule has 240 valence electrons. The van der Waals surface area contributed by atoms with Gasteiger partial charge in [0.15, 0.2) is 0 Å². The van der Waals surface area contributed by atoms with Crippen LogP contribution < -0.4 is 9.62 Å². The van der Waals surface area contributed by atoms with Crippen molar-refractivity contribution in [1.29, 1.82) is 0 Å². The zero-order valence-electron chi connectivity index (χ0n) is 24.9. The highest BCUT2D eigenvalue weighted by Crippen LogP contribution is 2.29. The fourth-order valence-electron chi connectivity index (χ4n) is 4.76. The average molecular weight is 684 g/mol. The SMILES string of the molecule is CCCNC(=O)[C@@H](Cc1ccccc1)N(Cc1c(Cl)cccc1Cl)C(=O)CN(c1ccc([N+](=O)[O-])cc1)S(=O)(=O)c1ccccc1. The molecule has 0 aromatic heterocycles. The number of nitrogens with one attached hydrogen (secondary N) is 1. The summed E-state index contributed by atoms with van der Waals surface area (Å²) < 4.78 is 28.9. The second-order valence-corrected chi connectivity index (χ2v) is 13.0. The number of carbonyl (C=O) groups excluding carboxylic acids is 2. The second-order valence-electron chi connectivity index (χ2n) is 10.3. The highest BCUT2D eigenvalue weighted by molar-refractivity contribution is 7.92. The van der Waals surface area contributed by atoms with Crippen LogP contribution in [-0.4, -0.2) is 49.2 Å². The summed E-state index contributed by atoms with van der Waals surface area (Å²) in [6, 6.07) is 25.3. The van der Waals surface area contributed by atoms with Gasteiger partial charge in [-0.15, -0.1) is 0 Å². The number of hydrogen-bond acceptors (Lipinski definition) is 6. The van der Waals surface area contributed by atoms with E-state index in [1.807, 2.05) is 37.3 Å². The Labute approximate surface area is 277 Å². The molecule has 1 atom stereocenters. The summed E-state index contributed by atoms with van der Waals surface area (Å²) in [6.45, 7) is 1.32. The molecule has 0 saturated carbocycles. The van der Waals surface area contributed by atoms with Crippen LogP contribution in [0.1, 0.15) is 24.5 Å². The first-order valence-corrected chi connectivity index (χ1v) is 16.6. The number of non-ortho nitro benzene ring substituents is 1. The summed E-state index contributed by atoms with van der Waals surface area (Å²) in [6.07, 6.45) is 0.768. The molecule has 0 fully saturated rings. The van der Waals surface area contributed by atoms with Crippen molar-refractivity contribution in [2.24, 2.45) is 0 Å². The van der Waals surface area contributed by atoms with Crippen LogP contribution in [0.15, 0.2) is 108 Å². The maximum Gasteiger partial charge on any atom is 0.269 e. The molecule has 0 aliphatic heterocycles. The maximum atomic E-state index is 14.5. The Morgan fingerprint density at radius 1 is 0.870 bits per heavy atom. The normalized spacial score (nSPS) is 11.8. The summed E-state index contributed by atoms with van der Waals surface area (Å²) in [5.41, 5.74) is 0.922. The van der Waals surface area contributed by atoms with Crippen molar-refractivity contribution in [2.75, 3.05) is 17.4 Å². The molecule has 2 amide bonds. The van der Waals surface area contributed by atoms with Crippen LogP contribution in [0.4, 0.5) is 11.4 Å². The number of nitro groups is 1. The number of carbonyl (C=O) groups is 2. The number of nitro benzene ring substituents is 1. The monoisotopic (exact) mass is 682 g/mol. The number of halogens is 2. The van der Waals surface area contributed by atoms with Gasteiger partial charge in [-0.1, -0.05) is 84.7 Å². The molecule has 0 spiro atoms. The largest absolute Gasteiger partial charge is 0.354 e. The van der Waals surface area contributed by atoms with Gasteiger partial charge in [0.25, 0.3) is 15.7 Å². The van der Waals surface area contributed by atoms with Crippen LogP contribution in [0.3, 0.4) is 0 Å². The Kier molecular flexibility index (Phi) is 11.8. The fourth-order valence-corrected chi connectivity index (χ4v) is 6.71. The van der Waals surface area contributed by atoms with Crippen molar-refractivity contribution in [1.82, 2.24) is 10.2 Å². The summed E-state index contributed by atoms with van der Waals surface area (Å²) in [5.74, 6) is -1.16. The minimum absolute atomic E-state index is 0.0218. The Hall–Kier alpha value is -4.45. The van der Waals surface area contributed by atoms with Crippen molar-refractivity contribution in [2.45, 2.75) is 37.2 Å². The summed E-state index contributed by atoms with van der Waals surface area (Å²) in [4.78, 5) is 40.1. The topological polar surface area (TPSA) is 130 Å². The summed E-state index contributed by atoms with van der Waals surface area (Å²) in [7, 11) is -4.36. The maximum absolute atomic E-state index is 14.5. The molecule has 4 aromatic carbocycles. The van der Waals surface area contributed by atoms with Gasteiger partial charge in [0, 0.05) is 47.3 Å². The molecule has 13 heteroatoms. The highest BCUT2D eigenvalue weighted by Gasteiger charge is 2.35. The lowest BCUT2D eigenvalue weighted by Gasteiger charge is -2.34. The second kappa shape index (κ2) is 15.7. The first kappa shape index (κ1) is 34.4. The standard InChI is InChI=1S/C33H32Cl2N4O6S/c1-2-20-36-33(41)31(21-24-10-5-3-6-11-24)37(22-28-29(34)14-9-15-30(28)35)32(40)23-38(25-16-18-26(19-17-25)39(42)43)46(44,45)27-12-7-4-8-13-27/h3-19,31H,2,20-23H2,1H3,(H,36,41)/t31-/m1/s1. The third-order valence-corrected chi connectivity index (χ3v) is 9.67. The number of benzene rings is 4.